The highest BCUT2D eigenvalue weighted by atomic mass is 16.2. The van der Waals surface area contributed by atoms with Crippen molar-refractivity contribution in [3.8, 4) is 0 Å². The van der Waals surface area contributed by atoms with E-state index in [1.807, 2.05) is 51.2 Å². The average Bonchev–Trinajstić information content (AvgIpc) is 3.41. The molecule has 1 aromatic heterocycles. The van der Waals surface area contributed by atoms with Crippen LogP contribution in [0, 0.1) is 11.8 Å². The second-order valence-corrected chi connectivity index (χ2v) is 13.2. The Morgan fingerprint density at radius 3 is 2.54 bits per heavy atom. The van der Waals surface area contributed by atoms with Gasteiger partial charge in [-0.15, -0.1) is 0 Å². The first-order valence-electron chi connectivity index (χ1n) is 17.4. The van der Waals surface area contributed by atoms with Crippen LogP contribution in [0.25, 0.3) is 10.9 Å². The van der Waals surface area contributed by atoms with E-state index in [0.717, 1.165) is 42.1 Å². The first kappa shape index (κ1) is 35.3. The number of nitrogens with zero attached hydrogens (tertiary/aromatic N) is 2. The first-order valence-corrected chi connectivity index (χ1v) is 17.4. The highest BCUT2D eigenvalue weighted by Gasteiger charge is 2.40. The Balaban J connectivity index is 1.67. The number of nitrogens with one attached hydrogen (secondary N) is 2. The number of fused-ring (bicyclic) bond motifs is 2. The number of ketones is 2. The number of benzene rings is 1. The Labute approximate surface area is 273 Å². The van der Waals surface area contributed by atoms with Gasteiger partial charge in [-0.25, -0.2) is 0 Å². The molecule has 3 amide bonds. The number of para-hydroxylation sites is 1. The van der Waals surface area contributed by atoms with Gasteiger partial charge in [-0.05, 0) is 49.7 Å². The maximum Gasteiger partial charge on any atom is 0.246 e. The number of nitrogens with two attached hydrogens (primary N) is 1. The molecule has 3 heterocycles. The Hall–Kier alpha value is -3.53. The SMILES string of the molecule is CCC(=O)CCCCC[C@@H]1CC(=O)[C@H]2CCCCN2C(=O)[C@H](C(C)CC)NC(=O)[C@H](Cc2cn(CCN)c3ccccc23)NC1=O. The van der Waals surface area contributed by atoms with Crippen LogP contribution in [0.2, 0.25) is 0 Å². The molecule has 252 valence electrons. The number of rotatable bonds is 13. The Kier molecular flexibility index (Phi) is 12.9. The van der Waals surface area contributed by atoms with Crippen LogP contribution in [0.1, 0.15) is 97.0 Å². The molecule has 2 aliphatic rings. The van der Waals surface area contributed by atoms with Gasteiger partial charge < -0.3 is 25.8 Å². The lowest BCUT2D eigenvalue weighted by atomic mass is 9.87. The van der Waals surface area contributed by atoms with Gasteiger partial charge in [-0.3, -0.25) is 24.0 Å². The lowest BCUT2D eigenvalue weighted by Crippen LogP contribution is -2.61. The summed E-state index contributed by atoms with van der Waals surface area (Å²) in [5.74, 6) is -1.61. The van der Waals surface area contributed by atoms with E-state index in [2.05, 4.69) is 15.2 Å². The van der Waals surface area contributed by atoms with Crippen molar-refractivity contribution in [1.82, 2.24) is 20.1 Å². The van der Waals surface area contributed by atoms with Crippen molar-refractivity contribution >= 4 is 40.2 Å². The molecule has 0 spiro atoms. The Morgan fingerprint density at radius 1 is 1.02 bits per heavy atom. The summed E-state index contributed by atoms with van der Waals surface area (Å²) in [7, 11) is 0. The summed E-state index contributed by atoms with van der Waals surface area (Å²) < 4.78 is 2.06. The smallest absolute Gasteiger partial charge is 0.246 e. The predicted octanol–water partition coefficient (Wildman–Crippen LogP) is 4.06. The van der Waals surface area contributed by atoms with Gasteiger partial charge in [0, 0.05) is 68.3 Å². The van der Waals surface area contributed by atoms with Crippen molar-refractivity contribution in [2.75, 3.05) is 13.1 Å². The third-order valence-electron chi connectivity index (χ3n) is 9.95. The zero-order valence-electron chi connectivity index (χ0n) is 27.9. The molecule has 0 aliphatic carbocycles. The van der Waals surface area contributed by atoms with Crippen LogP contribution in [-0.4, -0.2) is 70.0 Å². The Morgan fingerprint density at radius 2 is 1.80 bits per heavy atom. The third kappa shape index (κ3) is 8.63. The summed E-state index contributed by atoms with van der Waals surface area (Å²) >= 11 is 0. The summed E-state index contributed by atoms with van der Waals surface area (Å²) in [6.07, 6.45) is 8.81. The van der Waals surface area contributed by atoms with E-state index in [0.29, 0.717) is 58.2 Å². The monoisotopic (exact) mass is 635 g/mol. The van der Waals surface area contributed by atoms with Crippen LogP contribution in [0.3, 0.4) is 0 Å². The standard InChI is InChI=1S/C36H53N5O5/c1-4-24(3)33-36(46)41-19-12-11-17-31(41)32(43)22-25(13-7-6-8-14-27(42)5-2)34(44)38-29(35(45)39-33)21-26-23-40(20-18-37)30-16-10-9-15-28(26)30/h9-10,15-16,23-25,29,31,33H,4-8,11-14,17-22,37H2,1-3H3,(H,38,44)(H,39,45)/t24?,25-,29+,31-,33+/m1/s1. The fourth-order valence-corrected chi connectivity index (χ4v) is 6.95. The molecule has 4 N–H and O–H groups in total. The van der Waals surface area contributed by atoms with Crippen LogP contribution in [0.15, 0.2) is 30.5 Å². The third-order valence-corrected chi connectivity index (χ3v) is 9.95. The predicted molar refractivity (Wildman–Crippen MR) is 179 cm³/mol. The maximum absolute atomic E-state index is 14.1. The van der Waals surface area contributed by atoms with E-state index < -0.39 is 30.0 Å². The molecule has 0 saturated carbocycles. The van der Waals surface area contributed by atoms with Gasteiger partial charge >= 0.3 is 0 Å². The Bertz CT molecular complexity index is 1390. The molecule has 4 rings (SSSR count). The van der Waals surface area contributed by atoms with E-state index in [1.54, 1.807) is 4.90 Å². The van der Waals surface area contributed by atoms with E-state index in [4.69, 9.17) is 5.73 Å². The zero-order chi connectivity index (χ0) is 33.2. The second-order valence-electron chi connectivity index (χ2n) is 13.2. The van der Waals surface area contributed by atoms with Crippen LogP contribution in [0.5, 0.6) is 0 Å². The minimum absolute atomic E-state index is 0.0202. The molecule has 2 aliphatic heterocycles. The number of piperidine rings is 1. The van der Waals surface area contributed by atoms with Crippen molar-refractivity contribution in [1.29, 1.82) is 0 Å². The molecular formula is C36H53N5O5. The normalized spacial score (nSPS) is 23.7. The molecule has 46 heavy (non-hydrogen) atoms. The van der Waals surface area contributed by atoms with Crippen LogP contribution in [0.4, 0.5) is 0 Å². The van der Waals surface area contributed by atoms with E-state index in [9.17, 15) is 24.0 Å². The molecule has 0 bridgehead atoms. The number of aromatic nitrogens is 1. The maximum atomic E-state index is 14.1. The summed E-state index contributed by atoms with van der Waals surface area (Å²) in [6, 6.07) is 5.58. The molecule has 10 nitrogen and oxygen atoms in total. The van der Waals surface area contributed by atoms with Gasteiger partial charge in [0.05, 0.1) is 6.04 Å². The fourth-order valence-electron chi connectivity index (χ4n) is 6.95. The van der Waals surface area contributed by atoms with Crippen molar-refractivity contribution in [3.05, 3.63) is 36.0 Å². The molecular weight excluding hydrogens is 582 g/mol. The lowest BCUT2D eigenvalue weighted by molar-refractivity contribution is -0.147. The number of hydrogen-bond acceptors (Lipinski definition) is 6. The zero-order valence-corrected chi connectivity index (χ0v) is 27.9. The molecule has 2 saturated heterocycles. The van der Waals surface area contributed by atoms with E-state index >= 15 is 0 Å². The number of amides is 3. The quantitative estimate of drug-likeness (QED) is 0.283. The van der Waals surface area contributed by atoms with Gasteiger partial charge in [-0.1, -0.05) is 58.2 Å². The molecule has 10 heteroatoms. The first-order chi connectivity index (χ1) is 22.2. The molecule has 0 radical (unpaired) electrons. The molecule has 1 aromatic carbocycles. The molecule has 2 fully saturated rings. The van der Waals surface area contributed by atoms with E-state index in [-0.39, 0.29) is 42.1 Å². The number of unbranched alkanes of at least 4 members (excludes halogenated alkanes) is 2. The largest absolute Gasteiger partial charge is 0.346 e. The lowest BCUT2D eigenvalue weighted by Gasteiger charge is -2.39. The number of carbonyl (C=O) groups excluding carboxylic acids is 5. The second kappa shape index (κ2) is 16.9. The van der Waals surface area contributed by atoms with Gasteiger partial charge in [0.1, 0.15) is 17.9 Å². The van der Waals surface area contributed by atoms with Crippen molar-refractivity contribution in [2.45, 2.75) is 122 Å². The van der Waals surface area contributed by atoms with Crippen molar-refractivity contribution < 1.29 is 24.0 Å². The van der Waals surface area contributed by atoms with Crippen LogP contribution >= 0.6 is 0 Å². The van der Waals surface area contributed by atoms with Crippen LogP contribution in [-0.2, 0) is 36.9 Å². The fraction of sp³-hybridized carbons (Fsp3) is 0.639. The number of Topliss-reactive ketones (excluding diaryl/α,β-unsaturated/α-hetero) is 2. The highest BCUT2D eigenvalue weighted by Crippen LogP contribution is 2.27. The van der Waals surface area contributed by atoms with E-state index in [1.165, 1.54) is 0 Å². The van der Waals surface area contributed by atoms with Crippen molar-refractivity contribution in [3.63, 3.8) is 0 Å². The minimum atomic E-state index is -0.944. The average molecular weight is 636 g/mol. The van der Waals surface area contributed by atoms with Gasteiger partial charge in [0.15, 0.2) is 5.78 Å². The highest BCUT2D eigenvalue weighted by molar-refractivity contribution is 5.98. The number of carbonyl (C=O) groups is 5. The van der Waals surface area contributed by atoms with Crippen LogP contribution < -0.4 is 16.4 Å². The molecule has 1 unspecified atom stereocenters. The van der Waals surface area contributed by atoms with Crippen molar-refractivity contribution in [2.24, 2.45) is 17.6 Å². The number of hydrogen-bond donors (Lipinski definition) is 3. The molecule has 2 aromatic rings. The summed E-state index contributed by atoms with van der Waals surface area (Å²) in [5, 5.41) is 7.03. The summed E-state index contributed by atoms with van der Waals surface area (Å²) in [4.78, 5) is 69.5. The molecule has 5 atom stereocenters. The topological polar surface area (TPSA) is 144 Å². The summed E-state index contributed by atoms with van der Waals surface area (Å²) in [6.45, 7) is 7.30. The summed E-state index contributed by atoms with van der Waals surface area (Å²) in [5.41, 5.74) is 7.78. The van der Waals surface area contributed by atoms with Gasteiger partial charge in [0.25, 0.3) is 0 Å². The van der Waals surface area contributed by atoms with Gasteiger partial charge in [-0.2, -0.15) is 0 Å². The minimum Gasteiger partial charge on any atom is -0.346 e. The van der Waals surface area contributed by atoms with Gasteiger partial charge in [0.2, 0.25) is 17.7 Å².